The predicted octanol–water partition coefficient (Wildman–Crippen LogP) is 17.4. The smallest absolute Gasteiger partial charge is 0.174 e. The van der Waals surface area contributed by atoms with Crippen LogP contribution in [0, 0.1) is 23.2 Å². The zero-order chi connectivity index (χ0) is 42.8. The minimum atomic E-state index is 0.0422. The summed E-state index contributed by atoms with van der Waals surface area (Å²) in [5.74, 6) is 1.99. The zero-order valence-corrected chi connectivity index (χ0v) is 40.8. The molecule has 0 amide bonds. The van der Waals surface area contributed by atoms with Crippen molar-refractivity contribution in [2.24, 2.45) is 23.2 Å². The summed E-state index contributed by atoms with van der Waals surface area (Å²) in [6.07, 6.45) is 54.7. The van der Waals surface area contributed by atoms with Gasteiger partial charge in [0.1, 0.15) is 6.54 Å². The van der Waals surface area contributed by atoms with Crippen molar-refractivity contribution in [2.75, 3.05) is 13.2 Å². The molecule has 1 saturated carbocycles. The molecule has 0 saturated heterocycles. The van der Waals surface area contributed by atoms with Crippen LogP contribution in [0.25, 0.3) is 0 Å². The topological polar surface area (TPSA) is 22.3 Å². The Morgan fingerprint density at radius 1 is 0.661 bits per heavy atom. The van der Waals surface area contributed by atoms with Gasteiger partial charge in [0.2, 0.25) is 0 Å². The molecule has 0 aliphatic heterocycles. The summed E-state index contributed by atoms with van der Waals surface area (Å²) < 4.78 is 16.1. The van der Waals surface area contributed by atoms with Crippen LogP contribution in [0.5, 0.6) is 0 Å². The molecule has 0 radical (unpaired) electrons. The van der Waals surface area contributed by atoms with Gasteiger partial charge in [0.15, 0.2) is 12.4 Å². The van der Waals surface area contributed by atoms with E-state index in [-0.39, 0.29) is 17.6 Å². The molecule has 0 bridgehead atoms. The van der Waals surface area contributed by atoms with Crippen LogP contribution in [0.2, 0.25) is 0 Å². The highest BCUT2D eigenvalue weighted by Crippen LogP contribution is 2.43. The van der Waals surface area contributed by atoms with Gasteiger partial charge in [-0.25, -0.2) is 4.57 Å². The molecule has 0 N–H and O–H groups in total. The molecule has 340 valence electrons. The number of rotatable bonds is 35. The van der Waals surface area contributed by atoms with Gasteiger partial charge in [-0.2, -0.15) is 0 Å². The summed E-state index contributed by atoms with van der Waals surface area (Å²) in [7, 11) is 0. The number of hydrogen-bond donors (Lipinski definition) is 0. The summed E-state index contributed by atoms with van der Waals surface area (Å²) >= 11 is 0. The maximum absolute atomic E-state index is 6.86. The Morgan fingerprint density at radius 2 is 1.19 bits per heavy atom. The number of hydrogen-bond acceptors (Lipinski definition) is 2. The molecule has 2 aliphatic carbocycles. The molecule has 5 atom stereocenters. The molecule has 1 aromatic rings. The highest BCUT2D eigenvalue weighted by atomic mass is 16.5. The Morgan fingerprint density at radius 3 is 1.68 bits per heavy atom. The average molecular weight is 819 g/mol. The zero-order valence-electron chi connectivity index (χ0n) is 40.8. The highest BCUT2D eigenvalue weighted by molar-refractivity contribution is 5.31. The third-order valence-corrected chi connectivity index (χ3v) is 13.7. The molecule has 4 unspecified atom stereocenters. The summed E-state index contributed by atoms with van der Waals surface area (Å²) in [6.45, 7) is 21.0. The number of aryl methyl sites for hydroxylation is 1. The minimum absolute atomic E-state index is 0.0422. The number of ether oxygens (including phenoxy) is 2. The van der Waals surface area contributed by atoms with Crippen LogP contribution in [0.3, 0.4) is 0 Å². The van der Waals surface area contributed by atoms with Crippen molar-refractivity contribution in [1.82, 2.24) is 0 Å². The van der Waals surface area contributed by atoms with E-state index in [0.29, 0.717) is 11.8 Å². The van der Waals surface area contributed by atoms with E-state index in [9.17, 15) is 0 Å². The number of nitrogens with zero attached hydrogens (tertiary/aromatic N) is 1. The molecule has 3 nitrogen and oxygen atoms in total. The average Bonchev–Trinajstić information content (AvgIpc) is 3.50. The fraction of sp³-hybridized carbons (Fsp3) is 0.804. The normalized spacial score (nSPS) is 18.0. The van der Waals surface area contributed by atoms with Crippen LogP contribution >= 0.6 is 0 Å². The summed E-state index contributed by atoms with van der Waals surface area (Å²) in [6, 6.07) is 4.46. The van der Waals surface area contributed by atoms with Gasteiger partial charge in [-0.15, -0.1) is 0 Å². The van der Waals surface area contributed by atoms with Gasteiger partial charge in [0.25, 0.3) is 0 Å². The largest absolute Gasteiger partial charge is 0.373 e. The first-order valence-electron chi connectivity index (χ1n) is 26.1. The molecule has 2 aliphatic rings. The highest BCUT2D eigenvalue weighted by Gasteiger charge is 2.38. The molecule has 1 fully saturated rings. The Kier molecular flexibility index (Phi) is 31.5. The van der Waals surface area contributed by atoms with Gasteiger partial charge < -0.3 is 9.47 Å². The van der Waals surface area contributed by atoms with Crippen LogP contribution in [-0.4, -0.2) is 19.3 Å². The Bertz CT molecular complexity index is 1200. The fourth-order valence-electron chi connectivity index (χ4n) is 9.00. The Balaban J connectivity index is 0.000000791. The summed E-state index contributed by atoms with van der Waals surface area (Å²) in [5.41, 5.74) is 2.61. The lowest BCUT2D eigenvalue weighted by atomic mass is 9.68. The molecule has 1 aromatic heterocycles. The molecule has 0 aromatic carbocycles. The van der Waals surface area contributed by atoms with Crippen molar-refractivity contribution in [2.45, 2.75) is 254 Å². The number of allylic oxidation sites excluding steroid dienone is 4. The standard InChI is InChI=1S/C43H72NO2.C13H28/c1-7-10-11-12-13-14-15-16-17-18-29-44-30-21-26-42(33-44)38(6)46-35-43(31-36(4)8-2,32-40-23-19-24-40)34-45-37(5)41-25-20-22-39(9-3)27-28-41;1-3-5-7-9-11-13-12-10-8-6-4-2/h20-22,25-28,30,33,36-40H,7-19,23-24,29,31-32,34-35H2,1-6H3;3-13H2,1-2H3/q+1;/t36?,37?,38?,39-,43?;/m0./s1. The van der Waals surface area contributed by atoms with Crippen LogP contribution in [0.1, 0.15) is 247 Å². The van der Waals surface area contributed by atoms with Gasteiger partial charge in [-0.1, -0.05) is 220 Å². The second-order valence-corrected chi connectivity index (χ2v) is 19.3. The van der Waals surface area contributed by atoms with Crippen LogP contribution in [-0.2, 0) is 16.0 Å². The van der Waals surface area contributed by atoms with Gasteiger partial charge in [-0.05, 0) is 68.9 Å². The van der Waals surface area contributed by atoms with E-state index in [4.69, 9.17) is 9.47 Å². The maximum atomic E-state index is 6.86. The second kappa shape index (κ2) is 34.8. The molecular weight excluding hydrogens is 719 g/mol. The first-order chi connectivity index (χ1) is 28.8. The minimum Gasteiger partial charge on any atom is -0.373 e. The van der Waals surface area contributed by atoms with Crippen LogP contribution in [0.4, 0.5) is 0 Å². The molecule has 3 heteroatoms. The van der Waals surface area contributed by atoms with E-state index >= 15 is 0 Å². The lowest BCUT2D eigenvalue weighted by Gasteiger charge is -2.42. The number of pyridine rings is 1. The van der Waals surface area contributed by atoms with Gasteiger partial charge in [0.05, 0.1) is 25.4 Å². The maximum Gasteiger partial charge on any atom is 0.174 e. The van der Waals surface area contributed by atoms with E-state index in [1.807, 2.05) is 0 Å². The number of unbranched alkanes of at least 4 members (excludes halogenated alkanes) is 19. The van der Waals surface area contributed by atoms with Crippen LogP contribution < -0.4 is 4.57 Å². The summed E-state index contributed by atoms with van der Waals surface area (Å²) in [4.78, 5) is 0. The SMILES string of the molecule is CCCCCCCCCCCCC.CCCCCCCCCCCC[n+]1cccc(C(C)OCC(COC(C)C2=CC=C[C@H](CC)C=C2)(CC(C)CC)CC2CCC2)c1. The van der Waals surface area contributed by atoms with Crippen molar-refractivity contribution < 1.29 is 14.0 Å². The second-order valence-electron chi connectivity index (χ2n) is 19.3. The van der Waals surface area contributed by atoms with Gasteiger partial charge in [-0.3, -0.25) is 0 Å². The Labute approximate surface area is 369 Å². The molecule has 0 spiro atoms. The number of aromatic nitrogens is 1. The van der Waals surface area contributed by atoms with Crippen LogP contribution in [0.15, 0.2) is 60.5 Å². The third-order valence-electron chi connectivity index (χ3n) is 13.7. The van der Waals surface area contributed by atoms with Crippen molar-refractivity contribution >= 4 is 0 Å². The van der Waals surface area contributed by atoms with Gasteiger partial charge >= 0.3 is 0 Å². The predicted molar refractivity (Wildman–Crippen MR) is 259 cm³/mol. The van der Waals surface area contributed by atoms with Crippen molar-refractivity contribution in [3.63, 3.8) is 0 Å². The van der Waals surface area contributed by atoms with Crippen molar-refractivity contribution in [1.29, 1.82) is 0 Å². The van der Waals surface area contributed by atoms with E-state index in [1.165, 1.54) is 184 Å². The van der Waals surface area contributed by atoms with Gasteiger partial charge in [0, 0.05) is 23.5 Å². The lowest BCUT2D eigenvalue weighted by Crippen LogP contribution is -2.39. The van der Waals surface area contributed by atoms with E-state index in [2.05, 4.69) is 115 Å². The summed E-state index contributed by atoms with van der Waals surface area (Å²) in [5, 5.41) is 0. The molecular formula is C56H100NO2+. The van der Waals surface area contributed by atoms with E-state index < -0.39 is 0 Å². The molecule has 3 rings (SSSR count). The molecule has 1 heterocycles. The first-order valence-corrected chi connectivity index (χ1v) is 26.1. The van der Waals surface area contributed by atoms with E-state index in [0.717, 1.165) is 32.1 Å². The van der Waals surface area contributed by atoms with E-state index in [1.54, 1.807) is 0 Å². The lowest BCUT2D eigenvalue weighted by molar-refractivity contribution is -0.698. The van der Waals surface area contributed by atoms with Crippen molar-refractivity contribution in [3.05, 3.63) is 66.0 Å². The van der Waals surface area contributed by atoms with Crippen molar-refractivity contribution in [3.8, 4) is 0 Å². The third kappa shape index (κ3) is 25.1. The fourth-order valence-corrected chi connectivity index (χ4v) is 9.00. The quantitative estimate of drug-likeness (QED) is 0.0503. The first kappa shape index (κ1) is 53.4. The monoisotopic (exact) mass is 819 g/mol. The molecule has 59 heavy (non-hydrogen) atoms. The Hall–Kier alpha value is -1.71.